The van der Waals surface area contributed by atoms with E-state index in [0.29, 0.717) is 24.4 Å². The van der Waals surface area contributed by atoms with Crippen LogP contribution >= 0.6 is 11.8 Å². The molecule has 7 nitrogen and oxygen atoms in total. The van der Waals surface area contributed by atoms with Crippen molar-refractivity contribution in [2.24, 2.45) is 0 Å². The summed E-state index contributed by atoms with van der Waals surface area (Å²) in [6.45, 7) is 1.13. The maximum Gasteiger partial charge on any atom is 0.313 e. The van der Waals surface area contributed by atoms with E-state index in [9.17, 15) is 4.79 Å². The second-order valence-electron chi connectivity index (χ2n) is 4.50. The van der Waals surface area contributed by atoms with Gasteiger partial charge in [0.15, 0.2) is 0 Å². The number of aliphatic carboxylic acids is 1. The van der Waals surface area contributed by atoms with Crippen LogP contribution in [-0.2, 0) is 16.1 Å². The van der Waals surface area contributed by atoms with Gasteiger partial charge in [-0.05, 0) is 23.3 Å². The summed E-state index contributed by atoms with van der Waals surface area (Å²) in [5.41, 5.74) is 0. The van der Waals surface area contributed by atoms with E-state index in [4.69, 9.17) is 9.84 Å². The molecule has 0 saturated heterocycles. The number of nitrogens with zero attached hydrogens (tertiary/aromatic N) is 4. The summed E-state index contributed by atoms with van der Waals surface area (Å²) in [6, 6.07) is 0. The second-order valence-corrected chi connectivity index (χ2v) is 5.44. The summed E-state index contributed by atoms with van der Waals surface area (Å²) >= 11 is 1.12. The Bertz CT molecular complexity index is 406. The van der Waals surface area contributed by atoms with Crippen molar-refractivity contribution in [3.05, 3.63) is 0 Å². The third-order valence-electron chi connectivity index (χ3n) is 3.03. The van der Waals surface area contributed by atoms with Gasteiger partial charge in [0.05, 0.1) is 25.0 Å². The first kappa shape index (κ1) is 14.3. The first-order chi connectivity index (χ1) is 9.25. The third kappa shape index (κ3) is 4.79. The summed E-state index contributed by atoms with van der Waals surface area (Å²) in [4.78, 5) is 10.5. The minimum Gasteiger partial charge on any atom is -0.481 e. The SMILES string of the molecule is O=C(O)CSc1nnnn1CCOC1CCCCC1. The Labute approximate surface area is 115 Å². The van der Waals surface area contributed by atoms with E-state index in [2.05, 4.69) is 15.5 Å². The molecule has 106 valence electrons. The number of hydrogen-bond donors (Lipinski definition) is 1. The van der Waals surface area contributed by atoms with E-state index >= 15 is 0 Å². The molecule has 1 aliphatic rings. The van der Waals surface area contributed by atoms with E-state index in [1.807, 2.05) is 0 Å². The highest BCUT2D eigenvalue weighted by atomic mass is 32.2. The van der Waals surface area contributed by atoms with Gasteiger partial charge in [0, 0.05) is 0 Å². The van der Waals surface area contributed by atoms with Crippen molar-refractivity contribution in [3.8, 4) is 0 Å². The summed E-state index contributed by atoms with van der Waals surface area (Å²) in [6.07, 6.45) is 6.43. The van der Waals surface area contributed by atoms with Gasteiger partial charge in [0.2, 0.25) is 5.16 Å². The lowest BCUT2D eigenvalue weighted by Gasteiger charge is -2.21. The number of ether oxygens (including phenoxy) is 1. The predicted molar refractivity (Wildman–Crippen MR) is 69.0 cm³/mol. The van der Waals surface area contributed by atoms with Crippen molar-refractivity contribution in [1.82, 2.24) is 20.2 Å². The lowest BCUT2D eigenvalue weighted by Crippen LogP contribution is -2.20. The van der Waals surface area contributed by atoms with Crippen LogP contribution in [0.3, 0.4) is 0 Å². The number of carbonyl (C=O) groups is 1. The number of aromatic nitrogens is 4. The van der Waals surface area contributed by atoms with E-state index in [1.165, 1.54) is 19.3 Å². The van der Waals surface area contributed by atoms with Crippen LogP contribution < -0.4 is 0 Å². The van der Waals surface area contributed by atoms with E-state index < -0.39 is 5.97 Å². The predicted octanol–water partition coefficient (Wildman–Crippen LogP) is 1.20. The lowest BCUT2D eigenvalue weighted by atomic mass is 9.98. The summed E-state index contributed by atoms with van der Waals surface area (Å²) < 4.78 is 7.39. The molecule has 1 aromatic rings. The standard InChI is InChI=1S/C11H18N4O3S/c16-10(17)8-19-11-12-13-14-15(11)6-7-18-9-4-2-1-3-5-9/h9H,1-8H2,(H,16,17). The lowest BCUT2D eigenvalue weighted by molar-refractivity contribution is -0.133. The zero-order valence-electron chi connectivity index (χ0n) is 10.7. The second kappa shape index (κ2) is 7.44. The van der Waals surface area contributed by atoms with Gasteiger partial charge in [-0.25, -0.2) is 4.68 Å². The number of tetrazole rings is 1. The molecule has 1 heterocycles. The van der Waals surface area contributed by atoms with Crippen molar-refractivity contribution >= 4 is 17.7 Å². The molecule has 0 radical (unpaired) electrons. The van der Waals surface area contributed by atoms with Gasteiger partial charge in [0.1, 0.15) is 0 Å². The fraction of sp³-hybridized carbons (Fsp3) is 0.818. The van der Waals surface area contributed by atoms with E-state index in [-0.39, 0.29) is 5.75 Å². The molecule has 0 amide bonds. The van der Waals surface area contributed by atoms with Crippen LogP contribution in [0.5, 0.6) is 0 Å². The molecular formula is C11H18N4O3S. The Morgan fingerprint density at radius 1 is 1.42 bits per heavy atom. The normalized spacial score (nSPS) is 16.6. The van der Waals surface area contributed by atoms with Crippen molar-refractivity contribution < 1.29 is 14.6 Å². The maximum atomic E-state index is 10.5. The van der Waals surface area contributed by atoms with E-state index in [1.54, 1.807) is 4.68 Å². The Morgan fingerprint density at radius 3 is 2.95 bits per heavy atom. The fourth-order valence-electron chi connectivity index (χ4n) is 2.10. The molecule has 1 aliphatic carbocycles. The molecule has 0 aliphatic heterocycles. The Hall–Kier alpha value is -1.15. The number of carboxylic acids is 1. The first-order valence-electron chi connectivity index (χ1n) is 6.48. The molecule has 0 atom stereocenters. The van der Waals surface area contributed by atoms with Crippen LogP contribution in [0.4, 0.5) is 0 Å². The molecule has 2 rings (SSSR count). The van der Waals surface area contributed by atoms with Gasteiger partial charge < -0.3 is 9.84 Å². The van der Waals surface area contributed by atoms with E-state index in [0.717, 1.165) is 24.6 Å². The zero-order chi connectivity index (χ0) is 13.5. The van der Waals surface area contributed by atoms with Gasteiger partial charge in [-0.15, -0.1) is 5.10 Å². The fourth-order valence-corrected chi connectivity index (χ4v) is 2.73. The summed E-state index contributed by atoms with van der Waals surface area (Å²) in [5.74, 6) is -0.915. The van der Waals surface area contributed by atoms with Crippen molar-refractivity contribution in [2.75, 3.05) is 12.4 Å². The quantitative estimate of drug-likeness (QED) is 0.753. The molecule has 19 heavy (non-hydrogen) atoms. The van der Waals surface area contributed by atoms with Crippen molar-refractivity contribution in [3.63, 3.8) is 0 Å². The molecule has 1 saturated carbocycles. The summed E-state index contributed by atoms with van der Waals surface area (Å²) in [5, 5.41) is 20.3. The maximum absolute atomic E-state index is 10.5. The number of hydrogen-bond acceptors (Lipinski definition) is 6. The highest BCUT2D eigenvalue weighted by Gasteiger charge is 2.14. The number of carboxylic acid groups (broad SMARTS) is 1. The largest absolute Gasteiger partial charge is 0.481 e. The summed E-state index contributed by atoms with van der Waals surface area (Å²) in [7, 11) is 0. The van der Waals surface area contributed by atoms with Crippen LogP contribution in [-0.4, -0.2) is 49.7 Å². The molecule has 8 heteroatoms. The number of rotatable bonds is 7. The van der Waals surface area contributed by atoms with Crippen LogP contribution in [0.25, 0.3) is 0 Å². The molecule has 0 unspecified atom stereocenters. The van der Waals surface area contributed by atoms with Crippen molar-refractivity contribution in [2.45, 2.75) is 49.9 Å². The molecular weight excluding hydrogens is 268 g/mol. The third-order valence-corrected chi connectivity index (χ3v) is 3.97. The zero-order valence-corrected chi connectivity index (χ0v) is 11.5. The molecule has 1 fully saturated rings. The van der Waals surface area contributed by atoms with Crippen molar-refractivity contribution in [1.29, 1.82) is 0 Å². The Kier molecular flexibility index (Phi) is 5.59. The average Bonchev–Trinajstić information content (AvgIpc) is 2.85. The first-order valence-corrected chi connectivity index (χ1v) is 7.46. The van der Waals surface area contributed by atoms with Crippen LogP contribution in [0, 0.1) is 0 Å². The topological polar surface area (TPSA) is 90.1 Å². The highest BCUT2D eigenvalue weighted by molar-refractivity contribution is 7.99. The molecule has 0 spiro atoms. The monoisotopic (exact) mass is 286 g/mol. The highest BCUT2D eigenvalue weighted by Crippen LogP contribution is 2.20. The van der Waals surface area contributed by atoms with Gasteiger partial charge in [-0.2, -0.15) is 0 Å². The van der Waals surface area contributed by atoms with Crippen LogP contribution in [0.1, 0.15) is 32.1 Å². The minimum atomic E-state index is -0.877. The molecule has 1 aromatic heterocycles. The minimum absolute atomic E-state index is 0.0378. The van der Waals surface area contributed by atoms with Gasteiger partial charge >= 0.3 is 5.97 Å². The molecule has 1 N–H and O–H groups in total. The smallest absolute Gasteiger partial charge is 0.313 e. The van der Waals surface area contributed by atoms with Crippen LogP contribution in [0.15, 0.2) is 5.16 Å². The van der Waals surface area contributed by atoms with Gasteiger partial charge in [-0.3, -0.25) is 4.79 Å². The average molecular weight is 286 g/mol. The van der Waals surface area contributed by atoms with Crippen LogP contribution in [0.2, 0.25) is 0 Å². The Morgan fingerprint density at radius 2 is 2.21 bits per heavy atom. The number of thioether (sulfide) groups is 1. The van der Waals surface area contributed by atoms with Gasteiger partial charge in [0.25, 0.3) is 0 Å². The van der Waals surface area contributed by atoms with Gasteiger partial charge in [-0.1, -0.05) is 31.0 Å². The molecule has 0 bridgehead atoms. The molecule has 0 aromatic carbocycles. The Balaban J connectivity index is 1.72.